The summed E-state index contributed by atoms with van der Waals surface area (Å²) in [6, 6.07) is 3.87. The van der Waals surface area contributed by atoms with Gasteiger partial charge in [-0.3, -0.25) is 4.79 Å². The van der Waals surface area contributed by atoms with E-state index in [1.807, 2.05) is 26.0 Å². The minimum atomic E-state index is -0.00699. The van der Waals surface area contributed by atoms with Crippen LogP contribution >= 0.6 is 11.6 Å². The number of rotatable bonds is 6. The second-order valence-corrected chi connectivity index (χ2v) is 4.89. The first kappa shape index (κ1) is 15.0. The van der Waals surface area contributed by atoms with Crippen LogP contribution in [-0.2, 0) is 4.79 Å². The van der Waals surface area contributed by atoms with Crippen molar-refractivity contribution in [2.45, 2.75) is 33.6 Å². The van der Waals surface area contributed by atoms with E-state index in [-0.39, 0.29) is 5.91 Å². The fourth-order valence-corrected chi connectivity index (χ4v) is 2.15. The van der Waals surface area contributed by atoms with E-state index < -0.39 is 0 Å². The summed E-state index contributed by atoms with van der Waals surface area (Å²) in [5.41, 5.74) is 2.82. The van der Waals surface area contributed by atoms with Gasteiger partial charge in [-0.1, -0.05) is 24.6 Å². The molecule has 1 aromatic rings. The van der Waals surface area contributed by atoms with Gasteiger partial charge in [0.1, 0.15) is 0 Å². The third-order valence-corrected chi connectivity index (χ3v) is 2.95. The van der Waals surface area contributed by atoms with Crippen molar-refractivity contribution in [2.24, 2.45) is 0 Å². The zero-order valence-electron chi connectivity index (χ0n) is 11.3. The molecule has 0 fully saturated rings. The highest BCUT2D eigenvalue weighted by Crippen LogP contribution is 2.27. The molecule has 0 aliphatic rings. The van der Waals surface area contributed by atoms with Crippen LogP contribution < -0.4 is 10.6 Å². The van der Waals surface area contributed by atoms with Gasteiger partial charge in [0.05, 0.1) is 10.7 Å². The second kappa shape index (κ2) is 7.39. The van der Waals surface area contributed by atoms with Crippen LogP contribution in [0, 0.1) is 13.8 Å². The summed E-state index contributed by atoms with van der Waals surface area (Å²) in [5.74, 6) is -0.00699. The Morgan fingerprint density at radius 2 is 2.00 bits per heavy atom. The highest BCUT2D eigenvalue weighted by Gasteiger charge is 2.08. The zero-order chi connectivity index (χ0) is 13.5. The van der Waals surface area contributed by atoms with Crippen molar-refractivity contribution in [3.05, 3.63) is 28.3 Å². The third kappa shape index (κ3) is 4.67. The number of anilines is 1. The molecule has 100 valence electrons. The number of hydrogen-bond donors (Lipinski definition) is 2. The van der Waals surface area contributed by atoms with E-state index in [9.17, 15) is 4.79 Å². The molecular formula is C14H21ClN2O. The van der Waals surface area contributed by atoms with E-state index in [2.05, 4.69) is 17.6 Å². The van der Waals surface area contributed by atoms with Gasteiger partial charge < -0.3 is 10.6 Å². The predicted molar refractivity (Wildman–Crippen MR) is 77.3 cm³/mol. The zero-order valence-corrected chi connectivity index (χ0v) is 12.0. The average Bonchev–Trinajstić information content (AvgIpc) is 2.29. The van der Waals surface area contributed by atoms with Crippen molar-refractivity contribution in [3.63, 3.8) is 0 Å². The molecular weight excluding hydrogens is 248 g/mol. The van der Waals surface area contributed by atoms with Gasteiger partial charge in [-0.05, 0) is 44.0 Å². The molecule has 0 aliphatic heterocycles. The minimum absolute atomic E-state index is 0.00699. The smallest absolute Gasteiger partial charge is 0.225 e. The topological polar surface area (TPSA) is 41.1 Å². The molecule has 2 N–H and O–H groups in total. The fraction of sp³-hybridized carbons (Fsp3) is 0.500. The summed E-state index contributed by atoms with van der Waals surface area (Å²) in [6.45, 7) is 7.67. The number of hydrogen-bond acceptors (Lipinski definition) is 2. The maximum atomic E-state index is 11.8. The molecule has 0 saturated carbocycles. The predicted octanol–water partition coefficient (Wildman–Crippen LogP) is 3.29. The van der Waals surface area contributed by atoms with Gasteiger partial charge in [0.15, 0.2) is 0 Å². The van der Waals surface area contributed by atoms with Crippen LogP contribution in [-0.4, -0.2) is 19.0 Å². The number of aryl methyl sites for hydroxylation is 2. The Morgan fingerprint density at radius 1 is 1.28 bits per heavy atom. The van der Waals surface area contributed by atoms with Gasteiger partial charge in [-0.25, -0.2) is 0 Å². The Kier molecular flexibility index (Phi) is 6.16. The minimum Gasteiger partial charge on any atom is -0.325 e. The van der Waals surface area contributed by atoms with Crippen molar-refractivity contribution in [3.8, 4) is 0 Å². The summed E-state index contributed by atoms with van der Waals surface area (Å²) in [6.07, 6.45) is 1.54. The van der Waals surface area contributed by atoms with Crippen LogP contribution in [0.15, 0.2) is 12.1 Å². The van der Waals surface area contributed by atoms with E-state index in [1.165, 1.54) is 0 Å². The molecule has 3 nitrogen and oxygen atoms in total. The van der Waals surface area contributed by atoms with Gasteiger partial charge in [0.2, 0.25) is 5.91 Å². The molecule has 0 spiro atoms. The highest BCUT2D eigenvalue weighted by molar-refractivity contribution is 6.34. The first-order valence-electron chi connectivity index (χ1n) is 6.32. The fourth-order valence-electron chi connectivity index (χ4n) is 1.78. The van der Waals surface area contributed by atoms with Gasteiger partial charge in [-0.15, -0.1) is 0 Å². The SMILES string of the molecule is CCCNCCC(=O)Nc1c(C)cc(C)cc1Cl. The van der Waals surface area contributed by atoms with Gasteiger partial charge in [0, 0.05) is 13.0 Å². The Labute approximate surface area is 114 Å². The molecule has 0 bridgehead atoms. The van der Waals surface area contributed by atoms with Crippen LogP contribution in [0.3, 0.4) is 0 Å². The Hall–Kier alpha value is -1.06. The van der Waals surface area contributed by atoms with Gasteiger partial charge in [-0.2, -0.15) is 0 Å². The molecule has 0 heterocycles. The number of carbonyl (C=O) groups is 1. The number of benzene rings is 1. The van der Waals surface area contributed by atoms with E-state index >= 15 is 0 Å². The summed E-state index contributed by atoms with van der Waals surface area (Å²) in [5, 5.41) is 6.67. The van der Waals surface area contributed by atoms with Crippen LogP contribution in [0.4, 0.5) is 5.69 Å². The average molecular weight is 269 g/mol. The van der Waals surface area contributed by atoms with Gasteiger partial charge in [0.25, 0.3) is 0 Å². The van der Waals surface area contributed by atoms with Crippen molar-refractivity contribution in [1.82, 2.24) is 5.32 Å². The first-order chi connectivity index (χ1) is 8.54. The monoisotopic (exact) mass is 268 g/mol. The summed E-state index contributed by atoms with van der Waals surface area (Å²) in [7, 11) is 0. The number of amides is 1. The molecule has 4 heteroatoms. The van der Waals surface area contributed by atoms with Crippen molar-refractivity contribution >= 4 is 23.2 Å². The van der Waals surface area contributed by atoms with Crippen LogP contribution in [0.1, 0.15) is 30.9 Å². The van der Waals surface area contributed by atoms with E-state index in [0.29, 0.717) is 18.0 Å². The van der Waals surface area contributed by atoms with E-state index in [1.54, 1.807) is 0 Å². The quantitative estimate of drug-likeness (QED) is 0.778. The third-order valence-electron chi connectivity index (χ3n) is 2.65. The lowest BCUT2D eigenvalue weighted by Crippen LogP contribution is -2.22. The normalized spacial score (nSPS) is 10.4. The van der Waals surface area contributed by atoms with Crippen molar-refractivity contribution in [2.75, 3.05) is 18.4 Å². The van der Waals surface area contributed by atoms with Crippen molar-refractivity contribution in [1.29, 1.82) is 0 Å². The summed E-state index contributed by atoms with van der Waals surface area (Å²) >= 11 is 6.13. The Balaban J connectivity index is 2.54. The molecule has 18 heavy (non-hydrogen) atoms. The molecule has 1 rings (SSSR count). The molecule has 0 aliphatic carbocycles. The second-order valence-electron chi connectivity index (χ2n) is 4.49. The highest BCUT2D eigenvalue weighted by atomic mass is 35.5. The summed E-state index contributed by atoms with van der Waals surface area (Å²) in [4.78, 5) is 11.8. The van der Waals surface area contributed by atoms with E-state index in [4.69, 9.17) is 11.6 Å². The lowest BCUT2D eigenvalue weighted by atomic mass is 10.1. The van der Waals surface area contributed by atoms with Gasteiger partial charge >= 0.3 is 0 Å². The molecule has 0 aromatic heterocycles. The molecule has 0 atom stereocenters. The van der Waals surface area contributed by atoms with Crippen LogP contribution in [0.25, 0.3) is 0 Å². The van der Waals surface area contributed by atoms with Crippen molar-refractivity contribution < 1.29 is 4.79 Å². The van der Waals surface area contributed by atoms with Crippen LogP contribution in [0.5, 0.6) is 0 Å². The Bertz CT molecular complexity index is 395. The maximum absolute atomic E-state index is 11.8. The number of carbonyl (C=O) groups excluding carboxylic acids is 1. The number of halogens is 1. The summed E-state index contributed by atoms with van der Waals surface area (Å²) < 4.78 is 0. The standard InChI is InChI=1S/C14H21ClN2O/c1-4-6-16-7-5-13(18)17-14-11(3)8-10(2)9-12(14)15/h8-9,16H,4-7H2,1-3H3,(H,17,18). The Morgan fingerprint density at radius 3 is 2.61 bits per heavy atom. The largest absolute Gasteiger partial charge is 0.325 e. The molecule has 1 amide bonds. The molecule has 0 radical (unpaired) electrons. The first-order valence-corrected chi connectivity index (χ1v) is 6.69. The molecule has 0 unspecified atom stereocenters. The number of nitrogens with one attached hydrogen (secondary N) is 2. The molecule has 1 aromatic carbocycles. The maximum Gasteiger partial charge on any atom is 0.225 e. The molecule has 0 saturated heterocycles. The lowest BCUT2D eigenvalue weighted by molar-refractivity contribution is -0.116. The van der Waals surface area contributed by atoms with Crippen LogP contribution in [0.2, 0.25) is 5.02 Å². The van der Waals surface area contributed by atoms with E-state index in [0.717, 1.165) is 29.8 Å². The lowest BCUT2D eigenvalue weighted by Gasteiger charge is -2.11.